The lowest BCUT2D eigenvalue weighted by atomic mass is 9.96. The average molecular weight is 1010 g/mol. The molecule has 360 valence electrons. The van der Waals surface area contributed by atoms with Crippen LogP contribution in [0.5, 0.6) is 0 Å². The highest BCUT2D eigenvalue weighted by Gasteiger charge is 2.36. The van der Waals surface area contributed by atoms with E-state index in [0.717, 1.165) is 49.7 Å². The van der Waals surface area contributed by atoms with Gasteiger partial charge in [-0.15, -0.1) is 0 Å². The molecule has 2 unspecified atom stereocenters. The predicted octanol–water partition coefficient (Wildman–Crippen LogP) is 6.08. The molecule has 0 saturated heterocycles. The number of halogens is 2. The number of unbranched alkanes of at least 4 members (excludes halogenated alkanes) is 6. The van der Waals surface area contributed by atoms with Crippen molar-refractivity contribution in [1.29, 1.82) is 0 Å². The molecule has 18 nitrogen and oxygen atoms in total. The number of nitrogens with one attached hydrogen (secondary N) is 2. The number of hydrogen-bond acceptors (Lipinski definition) is 10. The van der Waals surface area contributed by atoms with Gasteiger partial charge < -0.3 is 31.8 Å². The number of nitrogens with zero attached hydrogens (tertiary/aromatic N) is 2. The Bertz CT molecular complexity index is 2400. The second-order valence-corrected chi connectivity index (χ2v) is 20.4. The van der Waals surface area contributed by atoms with Crippen LogP contribution in [0.1, 0.15) is 98.5 Å². The second-order valence-electron chi connectivity index (χ2n) is 14.8. The first-order valence-electron chi connectivity index (χ1n) is 20.0. The van der Waals surface area contributed by atoms with Gasteiger partial charge in [-0.05, 0) is 97.4 Å². The molecule has 23 heteroatoms. The van der Waals surface area contributed by atoms with Crippen molar-refractivity contribution in [2.75, 3.05) is 35.8 Å². The Kier molecular flexibility index (Phi) is 22.3. The Morgan fingerprint density at radius 3 is 1.23 bits per heavy atom. The first-order valence-corrected chi connectivity index (χ1v) is 25.0. The summed E-state index contributed by atoms with van der Waals surface area (Å²) in [6, 6.07) is 24.4. The highest BCUT2D eigenvalue weighted by molar-refractivity contribution is 7.93. The fraction of sp³-hybridized carbons (Fsp3) is 0.381. The summed E-state index contributed by atoms with van der Waals surface area (Å²) in [5, 5.41) is 25.2. The summed E-state index contributed by atoms with van der Waals surface area (Å²) in [6.07, 6.45) is 7.05. The van der Waals surface area contributed by atoms with Gasteiger partial charge in [0.25, 0.3) is 20.0 Å². The van der Waals surface area contributed by atoms with Gasteiger partial charge in [0.05, 0.1) is 33.2 Å². The van der Waals surface area contributed by atoms with Crippen LogP contribution in [0.15, 0.2) is 94.7 Å². The third-order valence-electron chi connectivity index (χ3n) is 10.4. The number of hydrogen-bond donors (Lipinski definition) is 6. The summed E-state index contributed by atoms with van der Waals surface area (Å²) in [5.74, 6) is -1.53. The SMILES string of the molecule is CN1c2ccccc2C(NCCCCCCC(=O)O)c2ccc(Cl)cc2S1(=O)=O.CN1c2ccccc2C(NCCCCCCC(=O)O)c2ccc(Cl)cc2S1(=O)=O.O.O.O=S(=O)(O)O. The Hall–Kier alpha value is -4.39. The standard InChI is InChI=1S/2C21H25ClN2O4S.H2O4S.2H2O/c2*1-24-18-9-6-5-8-16(18)21(23-13-7-3-2-4-10-20(25)26)17-12-11-15(22)14-19(17)29(24,27)28;1-5(2,3)4;;/h2*5-6,8-9,11-12,14,21,23H,2-4,7,10,13H2,1H3,(H,25,26);(H2,1,2,3,4);2*1H2. The molecule has 0 radical (unpaired) electrons. The zero-order valence-corrected chi connectivity index (χ0v) is 39.6. The lowest BCUT2D eigenvalue weighted by Crippen LogP contribution is -2.26. The molecule has 2 aliphatic rings. The van der Waals surface area contributed by atoms with E-state index in [1.807, 2.05) is 36.4 Å². The van der Waals surface area contributed by atoms with Crippen LogP contribution < -0.4 is 19.2 Å². The van der Waals surface area contributed by atoms with Gasteiger partial charge in [-0.2, -0.15) is 8.42 Å². The summed E-state index contributed by atoms with van der Waals surface area (Å²) in [4.78, 5) is 21.6. The molecular formula is C42H56Cl2N4O14S3. The quantitative estimate of drug-likeness (QED) is 0.0547. The topological polar surface area (TPSA) is 311 Å². The fourth-order valence-electron chi connectivity index (χ4n) is 7.31. The van der Waals surface area contributed by atoms with E-state index in [-0.39, 0.29) is 45.7 Å². The molecule has 0 fully saturated rings. The number of carboxylic acid groups (broad SMARTS) is 2. The van der Waals surface area contributed by atoms with Gasteiger partial charge in [-0.1, -0.05) is 97.4 Å². The first-order chi connectivity index (χ1) is 29.6. The molecule has 0 aromatic heterocycles. The molecule has 0 bridgehead atoms. The molecule has 4 aromatic rings. The molecule has 6 rings (SSSR count). The molecule has 65 heavy (non-hydrogen) atoms. The maximum Gasteiger partial charge on any atom is 0.394 e. The molecule has 10 N–H and O–H groups in total. The Morgan fingerprint density at radius 1 is 0.569 bits per heavy atom. The van der Waals surface area contributed by atoms with Gasteiger partial charge in [0.15, 0.2) is 0 Å². The van der Waals surface area contributed by atoms with Gasteiger partial charge in [-0.25, -0.2) is 16.8 Å². The van der Waals surface area contributed by atoms with E-state index >= 15 is 0 Å². The number of sulfonamides is 2. The van der Waals surface area contributed by atoms with Crippen molar-refractivity contribution < 1.29 is 65.1 Å². The molecule has 2 heterocycles. The number of anilines is 2. The number of aliphatic carboxylic acids is 2. The van der Waals surface area contributed by atoms with Crippen LogP contribution in [-0.4, -0.2) is 94.6 Å². The van der Waals surface area contributed by atoms with Gasteiger partial charge >= 0.3 is 22.3 Å². The third-order valence-corrected chi connectivity index (χ3v) is 14.5. The average Bonchev–Trinajstić information content (AvgIpc) is 3.32. The van der Waals surface area contributed by atoms with Crippen molar-refractivity contribution >= 4 is 77.0 Å². The summed E-state index contributed by atoms with van der Waals surface area (Å²) in [5.41, 5.74) is 4.42. The zero-order chi connectivity index (χ0) is 46.5. The van der Waals surface area contributed by atoms with Crippen LogP contribution in [0, 0.1) is 0 Å². The van der Waals surface area contributed by atoms with E-state index in [4.69, 9.17) is 50.9 Å². The number of para-hydroxylation sites is 2. The largest absolute Gasteiger partial charge is 0.481 e. The maximum atomic E-state index is 13.2. The number of carbonyl (C=O) groups is 2. The van der Waals surface area contributed by atoms with Crippen molar-refractivity contribution in [3.63, 3.8) is 0 Å². The van der Waals surface area contributed by atoms with E-state index in [1.54, 1.807) is 50.5 Å². The summed E-state index contributed by atoms with van der Waals surface area (Å²) in [7, 11) is -9.00. The zero-order valence-electron chi connectivity index (χ0n) is 35.7. The number of carboxylic acids is 2. The number of fused-ring (bicyclic) bond motifs is 4. The second kappa shape index (κ2) is 25.5. The van der Waals surface area contributed by atoms with Crippen molar-refractivity contribution in [2.45, 2.75) is 86.1 Å². The highest BCUT2D eigenvalue weighted by Crippen LogP contribution is 2.42. The van der Waals surface area contributed by atoms with Crippen LogP contribution in [0.4, 0.5) is 11.4 Å². The predicted molar refractivity (Wildman–Crippen MR) is 250 cm³/mol. The van der Waals surface area contributed by atoms with Crippen molar-refractivity contribution in [2.24, 2.45) is 0 Å². The van der Waals surface area contributed by atoms with Crippen LogP contribution in [0.3, 0.4) is 0 Å². The van der Waals surface area contributed by atoms with Gasteiger partial charge in [0.2, 0.25) is 0 Å². The Morgan fingerprint density at radius 2 is 0.892 bits per heavy atom. The Balaban J connectivity index is 0.000000394. The summed E-state index contributed by atoms with van der Waals surface area (Å²) < 4.78 is 86.9. The van der Waals surface area contributed by atoms with Crippen LogP contribution >= 0.6 is 23.2 Å². The molecule has 0 spiro atoms. The molecule has 4 aromatic carbocycles. The highest BCUT2D eigenvalue weighted by atomic mass is 35.5. The minimum Gasteiger partial charge on any atom is -0.481 e. The van der Waals surface area contributed by atoms with Crippen LogP contribution in [0.2, 0.25) is 10.0 Å². The molecule has 0 amide bonds. The van der Waals surface area contributed by atoms with E-state index in [0.29, 0.717) is 58.5 Å². The lowest BCUT2D eigenvalue weighted by Gasteiger charge is -2.22. The smallest absolute Gasteiger partial charge is 0.394 e. The fourth-order valence-corrected chi connectivity index (χ4v) is 10.7. The van der Waals surface area contributed by atoms with Gasteiger partial charge in [0, 0.05) is 37.0 Å². The minimum absolute atomic E-state index is 0. The van der Waals surface area contributed by atoms with Crippen molar-refractivity contribution in [3.8, 4) is 0 Å². The molecule has 2 aliphatic heterocycles. The lowest BCUT2D eigenvalue weighted by molar-refractivity contribution is -0.138. The summed E-state index contributed by atoms with van der Waals surface area (Å²) >= 11 is 12.2. The summed E-state index contributed by atoms with van der Waals surface area (Å²) in [6.45, 7) is 1.38. The minimum atomic E-state index is -4.67. The van der Waals surface area contributed by atoms with E-state index in [1.165, 1.54) is 20.7 Å². The Labute approximate surface area is 389 Å². The molecular weight excluding hydrogens is 952 g/mol. The first kappa shape index (κ1) is 56.7. The number of rotatable bonds is 16. The van der Waals surface area contributed by atoms with Gasteiger partial charge in [-0.3, -0.25) is 27.3 Å². The monoisotopic (exact) mass is 1010 g/mol. The van der Waals surface area contributed by atoms with Crippen molar-refractivity contribution in [3.05, 3.63) is 117 Å². The number of benzene rings is 4. The van der Waals surface area contributed by atoms with Crippen molar-refractivity contribution in [1.82, 2.24) is 10.6 Å². The van der Waals surface area contributed by atoms with Crippen LogP contribution in [-0.2, 0) is 40.0 Å². The third kappa shape index (κ3) is 15.9. The normalized spacial score (nSPS) is 16.3. The van der Waals surface area contributed by atoms with E-state index in [2.05, 4.69) is 10.6 Å². The maximum absolute atomic E-state index is 13.2. The van der Waals surface area contributed by atoms with E-state index < -0.39 is 42.4 Å². The molecule has 2 atom stereocenters. The van der Waals surface area contributed by atoms with Gasteiger partial charge in [0.1, 0.15) is 0 Å². The van der Waals surface area contributed by atoms with E-state index in [9.17, 15) is 26.4 Å². The molecule has 0 aliphatic carbocycles. The van der Waals surface area contributed by atoms with Crippen LogP contribution in [0.25, 0.3) is 0 Å². The molecule has 0 saturated carbocycles.